The van der Waals surface area contributed by atoms with Crippen molar-refractivity contribution in [3.63, 3.8) is 0 Å². The number of methoxy groups -OCH3 is 1. The Balaban J connectivity index is 1.67. The van der Waals surface area contributed by atoms with E-state index in [1.165, 1.54) is 17.0 Å². The number of carbonyl (C=O) groups excluding carboxylic acids is 1. The van der Waals surface area contributed by atoms with Crippen molar-refractivity contribution in [2.45, 2.75) is 51.7 Å². The minimum atomic E-state index is 0.0544. The number of urea groups is 1. The number of likely N-dealkylation sites (tertiary alicyclic amines) is 1. The molecule has 2 fully saturated rings. The maximum atomic E-state index is 12.2. The summed E-state index contributed by atoms with van der Waals surface area (Å²) in [6.45, 7) is 8.47. The highest BCUT2D eigenvalue weighted by atomic mass is 16.5. The number of nitrogens with one attached hydrogen (secondary N) is 1. The van der Waals surface area contributed by atoms with Gasteiger partial charge in [0.15, 0.2) is 0 Å². The molecule has 3 rings (SSSR count). The van der Waals surface area contributed by atoms with Crippen LogP contribution in [0.1, 0.15) is 37.2 Å². The molecule has 0 unspecified atom stereocenters. The van der Waals surface area contributed by atoms with Crippen molar-refractivity contribution < 1.29 is 9.53 Å². The van der Waals surface area contributed by atoms with Gasteiger partial charge in [0.1, 0.15) is 0 Å². The van der Waals surface area contributed by atoms with Gasteiger partial charge < -0.3 is 15.0 Å². The third-order valence-corrected chi connectivity index (χ3v) is 5.58. The summed E-state index contributed by atoms with van der Waals surface area (Å²) in [6.07, 6.45) is 2.97. The Kier molecular flexibility index (Phi) is 5.64. The highest BCUT2D eigenvalue weighted by Gasteiger charge is 2.42. The van der Waals surface area contributed by atoms with Gasteiger partial charge in [0.05, 0.1) is 24.4 Å². The normalized spacial score (nSPS) is 23.8. The van der Waals surface area contributed by atoms with E-state index in [0.717, 1.165) is 38.9 Å². The van der Waals surface area contributed by atoms with Crippen LogP contribution < -0.4 is 5.32 Å². The lowest BCUT2D eigenvalue weighted by molar-refractivity contribution is 0.111. The molecule has 0 aliphatic carbocycles. The molecule has 3 heterocycles. The molecular weight excluding hydrogens is 318 g/mol. The zero-order valence-electron chi connectivity index (χ0n) is 15.9. The first-order valence-electron chi connectivity index (χ1n) is 9.41. The van der Waals surface area contributed by atoms with Crippen LogP contribution in [-0.4, -0.2) is 71.0 Å². The molecule has 1 aromatic rings. The highest BCUT2D eigenvalue weighted by Crippen LogP contribution is 2.25. The van der Waals surface area contributed by atoms with Crippen LogP contribution in [0.3, 0.4) is 0 Å². The molecule has 0 spiro atoms. The zero-order chi connectivity index (χ0) is 18.0. The molecule has 0 aromatic carbocycles. The predicted octanol–water partition coefficient (Wildman–Crippen LogP) is 1.16. The second-order valence-corrected chi connectivity index (χ2v) is 7.04. The number of carbonyl (C=O) groups is 1. The van der Waals surface area contributed by atoms with Crippen molar-refractivity contribution in [2.75, 3.05) is 33.4 Å². The summed E-state index contributed by atoms with van der Waals surface area (Å²) < 4.78 is 7.18. The van der Waals surface area contributed by atoms with Crippen molar-refractivity contribution in [1.29, 1.82) is 0 Å². The van der Waals surface area contributed by atoms with Gasteiger partial charge in [-0.25, -0.2) is 4.79 Å². The highest BCUT2D eigenvalue weighted by molar-refractivity contribution is 5.77. The van der Waals surface area contributed by atoms with E-state index < -0.39 is 0 Å². The van der Waals surface area contributed by atoms with Crippen LogP contribution in [0.2, 0.25) is 0 Å². The lowest BCUT2D eigenvalue weighted by Crippen LogP contribution is -2.51. The van der Waals surface area contributed by atoms with Crippen LogP contribution in [0.25, 0.3) is 0 Å². The van der Waals surface area contributed by atoms with E-state index in [1.54, 1.807) is 7.11 Å². The molecule has 2 aliphatic heterocycles. The van der Waals surface area contributed by atoms with E-state index in [2.05, 4.69) is 29.2 Å². The molecule has 2 aliphatic rings. The van der Waals surface area contributed by atoms with Gasteiger partial charge >= 0.3 is 6.03 Å². The smallest absolute Gasteiger partial charge is 0.318 e. The van der Waals surface area contributed by atoms with E-state index in [1.807, 2.05) is 16.6 Å². The van der Waals surface area contributed by atoms with Gasteiger partial charge in [-0.3, -0.25) is 9.58 Å². The number of nitrogens with zero attached hydrogens (tertiary/aromatic N) is 4. The molecule has 0 radical (unpaired) electrons. The molecule has 0 bridgehead atoms. The van der Waals surface area contributed by atoms with Crippen LogP contribution in [0, 0.1) is 0 Å². The minimum Gasteiger partial charge on any atom is -0.383 e. The predicted molar refractivity (Wildman–Crippen MR) is 96.5 cm³/mol. The van der Waals surface area contributed by atoms with E-state index in [-0.39, 0.29) is 12.1 Å². The van der Waals surface area contributed by atoms with Crippen LogP contribution in [-0.2, 0) is 31.2 Å². The third kappa shape index (κ3) is 3.53. The van der Waals surface area contributed by atoms with E-state index in [4.69, 9.17) is 4.74 Å². The Morgan fingerprint density at radius 3 is 2.80 bits per heavy atom. The van der Waals surface area contributed by atoms with E-state index >= 15 is 0 Å². The van der Waals surface area contributed by atoms with E-state index in [0.29, 0.717) is 19.2 Å². The van der Waals surface area contributed by atoms with Gasteiger partial charge in [0.2, 0.25) is 0 Å². The van der Waals surface area contributed by atoms with Crippen molar-refractivity contribution >= 4 is 6.03 Å². The first-order valence-corrected chi connectivity index (χ1v) is 9.41. The van der Waals surface area contributed by atoms with Crippen LogP contribution in [0.5, 0.6) is 0 Å². The number of hydrogen-bond donors (Lipinski definition) is 1. The zero-order valence-corrected chi connectivity index (χ0v) is 15.9. The molecule has 2 atom stereocenters. The van der Waals surface area contributed by atoms with Gasteiger partial charge in [-0.2, -0.15) is 5.10 Å². The minimum absolute atomic E-state index is 0.0544. The number of amides is 2. The summed E-state index contributed by atoms with van der Waals surface area (Å²) in [4.78, 5) is 16.7. The Labute approximate surface area is 150 Å². The molecule has 2 amide bonds. The number of ether oxygens (including phenoxy) is 1. The fourth-order valence-corrected chi connectivity index (χ4v) is 4.31. The van der Waals surface area contributed by atoms with Crippen LogP contribution in [0.15, 0.2) is 0 Å². The lowest BCUT2D eigenvalue weighted by Gasteiger charge is -2.36. The van der Waals surface area contributed by atoms with Crippen molar-refractivity contribution in [2.24, 2.45) is 7.05 Å². The van der Waals surface area contributed by atoms with Gasteiger partial charge in [-0.15, -0.1) is 0 Å². The van der Waals surface area contributed by atoms with Gasteiger partial charge in [0, 0.05) is 51.6 Å². The number of fused-ring (bicyclic) bond motifs is 1. The first-order chi connectivity index (χ1) is 12.1. The molecule has 25 heavy (non-hydrogen) atoms. The maximum Gasteiger partial charge on any atom is 0.318 e. The summed E-state index contributed by atoms with van der Waals surface area (Å²) in [7, 11) is 3.72. The first kappa shape index (κ1) is 18.2. The molecular formula is C18H31N5O2. The Morgan fingerprint density at radius 1 is 1.32 bits per heavy atom. The molecule has 1 N–H and O–H groups in total. The number of aromatic nitrogens is 2. The van der Waals surface area contributed by atoms with Crippen molar-refractivity contribution in [1.82, 2.24) is 24.9 Å². The van der Waals surface area contributed by atoms with Crippen LogP contribution in [0.4, 0.5) is 4.79 Å². The average molecular weight is 349 g/mol. The Morgan fingerprint density at radius 2 is 2.12 bits per heavy atom. The number of hydrogen-bond acceptors (Lipinski definition) is 4. The number of piperidine rings is 1. The SMILES string of the molecule is CCc1nn(C)c(CC)c1CN1CC[C@H]2[C@@H](C1)NC(=O)N2CCOC. The average Bonchev–Trinajstić information content (AvgIpc) is 3.08. The Hall–Kier alpha value is -1.60. The molecule has 0 saturated carbocycles. The largest absolute Gasteiger partial charge is 0.383 e. The summed E-state index contributed by atoms with van der Waals surface area (Å²) in [5, 5.41) is 7.85. The maximum absolute atomic E-state index is 12.2. The van der Waals surface area contributed by atoms with Crippen molar-refractivity contribution in [3.8, 4) is 0 Å². The van der Waals surface area contributed by atoms with Gasteiger partial charge in [-0.05, 0) is 19.3 Å². The quantitative estimate of drug-likeness (QED) is 0.802. The second-order valence-electron chi connectivity index (χ2n) is 7.04. The standard InChI is InChI=1S/C18H31N5O2/c1-5-14-13(16(6-2)21(3)20-14)11-22-8-7-17-15(12-22)19-18(24)23(17)9-10-25-4/h15,17H,5-12H2,1-4H3,(H,19,24)/t15-,17+/m1/s1. The van der Waals surface area contributed by atoms with Gasteiger partial charge in [-0.1, -0.05) is 13.8 Å². The molecule has 1 aromatic heterocycles. The summed E-state index contributed by atoms with van der Waals surface area (Å²) in [5.74, 6) is 0. The van der Waals surface area contributed by atoms with Crippen molar-refractivity contribution in [3.05, 3.63) is 17.0 Å². The molecule has 7 heteroatoms. The molecule has 140 valence electrons. The summed E-state index contributed by atoms with van der Waals surface area (Å²) >= 11 is 0. The van der Waals surface area contributed by atoms with Gasteiger partial charge in [0.25, 0.3) is 0 Å². The van der Waals surface area contributed by atoms with E-state index in [9.17, 15) is 4.79 Å². The second kappa shape index (κ2) is 7.74. The molecule has 7 nitrogen and oxygen atoms in total. The Bertz CT molecular complexity index is 615. The number of rotatable bonds is 7. The summed E-state index contributed by atoms with van der Waals surface area (Å²) in [6, 6.07) is 0.563. The number of aryl methyl sites for hydroxylation is 2. The monoisotopic (exact) mass is 349 g/mol. The van der Waals surface area contributed by atoms with Crippen LogP contribution >= 0.6 is 0 Å². The topological polar surface area (TPSA) is 62.6 Å². The fraction of sp³-hybridized carbons (Fsp3) is 0.778. The lowest BCUT2D eigenvalue weighted by atomic mass is 9.98. The fourth-order valence-electron chi connectivity index (χ4n) is 4.31. The summed E-state index contributed by atoms with van der Waals surface area (Å²) in [5.41, 5.74) is 3.92. The third-order valence-electron chi connectivity index (χ3n) is 5.58. The molecule has 2 saturated heterocycles.